The molecule has 27 heavy (non-hydrogen) atoms. The van der Waals surface area contributed by atoms with E-state index in [1.807, 2.05) is 10.7 Å². The van der Waals surface area contributed by atoms with Gasteiger partial charge in [-0.1, -0.05) is 38.8 Å². The molecule has 146 valence electrons. The average Bonchev–Trinajstić information content (AvgIpc) is 3.29. The van der Waals surface area contributed by atoms with E-state index in [4.69, 9.17) is 9.84 Å². The van der Waals surface area contributed by atoms with E-state index in [2.05, 4.69) is 44.3 Å². The highest BCUT2D eigenvalue weighted by Crippen LogP contribution is 2.23. The molecule has 1 atom stereocenters. The second kappa shape index (κ2) is 9.18. The van der Waals surface area contributed by atoms with Gasteiger partial charge >= 0.3 is 0 Å². The molecule has 1 aliphatic rings. The maximum atomic E-state index is 13.1. The molecule has 1 aliphatic heterocycles. The zero-order chi connectivity index (χ0) is 19.2. The number of benzene rings is 1. The summed E-state index contributed by atoms with van der Waals surface area (Å²) in [7, 11) is 0. The van der Waals surface area contributed by atoms with E-state index >= 15 is 0 Å². The number of aryl methyl sites for hydroxylation is 2. The molecule has 1 fully saturated rings. The molecule has 0 unspecified atom stereocenters. The van der Waals surface area contributed by atoms with Gasteiger partial charge < -0.3 is 10.1 Å². The molecule has 0 bridgehead atoms. The number of carbonyl (C=O) groups is 1. The first-order valence-electron chi connectivity index (χ1n) is 10.2. The monoisotopic (exact) mass is 369 g/mol. The van der Waals surface area contributed by atoms with Crippen molar-refractivity contribution in [1.29, 1.82) is 0 Å². The van der Waals surface area contributed by atoms with Crippen LogP contribution in [0.3, 0.4) is 0 Å². The minimum absolute atomic E-state index is 0.0173. The van der Waals surface area contributed by atoms with Gasteiger partial charge in [0.05, 0.1) is 28.7 Å². The van der Waals surface area contributed by atoms with Crippen LogP contribution in [0.2, 0.25) is 0 Å². The molecule has 2 heterocycles. The molecule has 1 amide bonds. The van der Waals surface area contributed by atoms with Crippen LogP contribution in [-0.4, -0.2) is 34.9 Å². The van der Waals surface area contributed by atoms with Crippen molar-refractivity contribution < 1.29 is 9.53 Å². The van der Waals surface area contributed by atoms with Crippen LogP contribution in [-0.2, 0) is 17.6 Å². The Kier molecular flexibility index (Phi) is 6.67. The van der Waals surface area contributed by atoms with Crippen molar-refractivity contribution in [3.05, 3.63) is 46.8 Å². The minimum Gasteiger partial charge on any atom is -0.376 e. The van der Waals surface area contributed by atoms with Gasteiger partial charge in [-0.3, -0.25) is 4.79 Å². The molecule has 5 heteroatoms. The second-order valence-corrected chi connectivity index (χ2v) is 7.36. The Hall–Kier alpha value is -2.14. The Balaban J connectivity index is 1.95. The quantitative estimate of drug-likeness (QED) is 0.765. The van der Waals surface area contributed by atoms with E-state index in [0.29, 0.717) is 6.54 Å². The van der Waals surface area contributed by atoms with Gasteiger partial charge in [-0.05, 0) is 50.3 Å². The van der Waals surface area contributed by atoms with Crippen molar-refractivity contribution in [2.75, 3.05) is 13.2 Å². The van der Waals surface area contributed by atoms with Crippen molar-refractivity contribution in [2.24, 2.45) is 0 Å². The van der Waals surface area contributed by atoms with Gasteiger partial charge in [-0.2, -0.15) is 5.10 Å². The normalized spacial score (nSPS) is 16.6. The Labute approximate surface area is 162 Å². The van der Waals surface area contributed by atoms with Crippen LogP contribution in [0.1, 0.15) is 66.8 Å². The van der Waals surface area contributed by atoms with Gasteiger partial charge in [0.25, 0.3) is 5.91 Å². The Morgan fingerprint density at radius 1 is 1.30 bits per heavy atom. The number of rotatable bonds is 8. The largest absolute Gasteiger partial charge is 0.376 e. The fourth-order valence-electron chi connectivity index (χ4n) is 3.72. The average molecular weight is 370 g/mol. The summed E-state index contributed by atoms with van der Waals surface area (Å²) in [5, 5.41) is 7.95. The number of hydrogen-bond acceptors (Lipinski definition) is 3. The Morgan fingerprint density at radius 2 is 2.11 bits per heavy atom. The van der Waals surface area contributed by atoms with Gasteiger partial charge in [0.15, 0.2) is 0 Å². The lowest BCUT2D eigenvalue weighted by Crippen LogP contribution is -2.32. The lowest BCUT2D eigenvalue weighted by atomic mass is 10.0. The van der Waals surface area contributed by atoms with Crippen LogP contribution in [0.15, 0.2) is 24.3 Å². The van der Waals surface area contributed by atoms with Crippen LogP contribution in [0.25, 0.3) is 5.69 Å². The Morgan fingerprint density at radius 3 is 2.78 bits per heavy atom. The maximum absolute atomic E-state index is 13.1. The minimum atomic E-state index is -0.0173. The van der Waals surface area contributed by atoms with Crippen molar-refractivity contribution in [1.82, 2.24) is 15.1 Å². The predicted molar refractivity (Wildman–Crippen MR) is 108 cm³/mol. The summed E-state index contributed by atoms with van der Waals surface area (Å²) < 4.78 is 7.62. The molecular weight excluding hydrogens is 338 g/mol. The first-order valence-corrected chi connectivity index (χ1v) is 10.2. The van der Waals surface area contributed by atoms with Crippen molar-refractivity contribution in [3.8, 4) is 5.69 Å². The third-order valence-electron chi connectivity index (χ3n) is 5.01. The summed E-state index contributed by atoms with van der Waals surface area (Å²) in [4.78, 5) is 13.1. The molecule has 3 rings (SSSR count). The van der Waals surface area contributed by atoms with Crippen molar-refractivity contribution >= 4 is 5.91 Å². The second-order valence-electron chi connectivity index (χ2n) is 7.36. The molecule has 0 spiro atoms. The zero-order valence-electron chi connectivity index (χ0n) is 16.8. The number of aromatic nitrogens is 2. The molecule has 0 radical (unpaired) electrons. The highest BCUT2D eigenvalue weighted by molar-refractivity contribution is 5.96. The number of nitrogens with zero attached hydrogens (tertiary/aromatic N) is 2. The third kappa shape index (κ3) is 4.59. The molecule has 1 aromatic carbocycles. The number of nitrogens with one attached hydrogen (secondary N) is 1. The molecule has 1 aromatic heterocycles. The van der Waals surface area contributed by atoms with Crippen LogP contribution in [0.4, 0.5) is 0 Å². The lowest BCUT2D eigenvalue weighted by molar-refractivity contribution is 0.0856. The molecule has 0 saturated carbocycles. The van der Waals surface area contributed by atoms with Crippen LogP contribution < -0.4 is 5.32 Å². The predicted octanol–water partition coefficient (Wildman–Crippen LogP) is 3.99. The summed E-state index contributed by atoms with van der Waals surface area (Å²) >= 11 is 0. The Bertz CT molecular complexity index is 776. The van der Waals surface area contributed by atoms with Crippen LogP contribution in [0, 0.1) is 6.92 Å². The number of hydrogen-bond donors (Lipinski definition) is 1. The van der Waals surface area contributed by atoms with Crippen LogP contribution >= 0.6 is 0 Å². The molecule has 5 nitrogen and oxygen atoms in total. The number of carbonyl (C=O) groups excluding carboxylic acids is 1. The molecule has 1 N–H and O–H groups in total. The lowest BCUT2D eigenvalue weighted by Gasteiger charge is -2.13. The van der Waals surface area contributed by atoms with E-state index in [-0.39, 0.29) is 12.0 Å². The highest BCUT2D eigenvalue weighted by atomic mass is 16.5. The van der Waals surface area contributed by atoms with Crippen molar-refractivity contribution in [2.45, 2.75) is 65.4 Å². The summed E-state index contributed by atoms with van der Waals surface area (Å²) in [6.45, 7) is 7.72. The first kappa shape index (κ1) is 19.6. The summed E-state index contributed by atoms with van der Waals surface area (Å²) in [5.74, 6) is -0.0173. The van der Waals surface area contributed by atoms with Gasteiger partial charge in [0, 0.05) is 13.2 Å². The van der Waals surface area contributed by atoms with E-state index in [1.54, 1.807) is 0 Å². The van der Waals surface area contributed by atoms with Gasteiger partial charge in [-0.15, -0.1) is 0 Å². The fourth-order valence-corrected chi connectivity index (χ4v) is 3.72. The standard InChI is InChI=1S/C22H31N3O2/c1-4-8-19-21(22(26)23-15-18-12-7-13-27-18)20(9-5-2)25(24-19)17-11-6-10-16(3)14-17/h6,10-11,14,18H,4-5,7-9,12-13,15H2,1-3H3,(H,23,26)/t18-/m1/s1. The fraction of sp³-hybridized carbons (Fsp3) is 0.545. The first-order chi connectivity index (χ1) is 13.1. The van der Waals surface area contributed by atoms with Gasteiger partial charge in [0.2, 0.25) is 0 Å². The molecular formula is C22H31N3O2. The summed E-state index contributed by atoms with van der Waals surface area (Å²) in [5.41, 5.74) is 4.88. The maximum Gasteiger partial charge on any atom is 0.255 e. The summed E-state index contributed by atoms with van der Waals surface area (Å²) in [6.07, 6.45) is 5.80. The van der Waals surface area contributed by atoms with Crippen molar-refractivity contribution in [3.63, 3.8) is 0 Å². The van der Waals surface area contributed by atoms with E-state index < -0.39 is 0 Å². The van der Waals surface area contributed by atoms with E-state index in [1.165, 1.54) is 5.56 Å². The zero-order valence-corrected chi connectivity index (χ0v) is 16.8. The van der Waals surface area contributed by atoms with Gasteiger partial charge in [-0.25, -0.2) is 4.68 Å². The molecule has 1 saturated heterocycles. The third-order valence-corrected chi connectivity index (χ3v) is 5.01. The van der Waals surface area contributed by atoms with Crippen LogP contribution in [0.5, 0.6) is 0 Å². The molecule has 0 aliphatic carbocycles. The van der Waals surface area contributed by atoms with E-state index in [0.717, 1.165) is 67.8 Å². The van der Waals surface area contributed by atoms with E-state index in [9.17, 15) is 4.79 Å². The van der Waals surface area contributed by atoms with Gasteiger partial charge in [0.1, 0.15) is 0 Å². The number of ether oxygens (including phenoxy) is 1. The summed E-state index contributed by atoms with van der Waals surface area (Å²) in [6, 6.07) is 8.30. The topological polar surface area (TPSA) is 56.2 Å². The highest BCUT2D eigenvalue weighted by Gasteiger charge is 2.25. The SMILES string of the molecule is CCCc1nn(-c2cccc(C)c2)c(CCC)c1C(=O)NC[C@H]1CCCO1. The number of amides is 1. The molecule has 2 aromatic rings. The smallest absolute Gasteiger partial charge is 0.255 e.